The van der Waals surface area contributed by atoms with E-state index in [0.717, 1.165) is 5.56 Å². The van der Waals surface area contributed by atoms with Crippen LogP contribution < -0.4 is 5.56 Å². The summed E-state index contributed by atoms with van der Waals surface area (Å²) in [6.07, 6.45) is 1.77. The van der Waals surface area contributed by atoms with Crippen LogP contribution in [0.5, 0.6) is 0 Å². The van der Waals surface area contributed by atoms with Crippen molar-refractivity contribution in [1.29, 1.82) is 0 Å². The van der Waals surface area contributed by atoms with E-state index in [2.05, 4.69) is 0 Å². The summed E-state index contributed by atoms with van der Waals surface area (Å²) in [6, 6.07) is 3.67. The predicted octanol–water partition coefficient (Wildman–Crippen LogP) is 0.836. The van der Waals surface area contributed by atoms with Crippen LogP contribution in [0, 0.1) is 6.92 Å². The largest absolute Gasteiger partial charge is 0.382 e. The first kappa shape index (κ1) is 14.9. The zero-order valence-electron chi connectivity index (χ0n) is 11.1. The standard InChI is InChI=1S/C13H21NO4/c1-12-4-3-5-14(13(12)15)6-7-17-10-11-18-9-8-16-2/h3-5H,6-11H2,1-2H3. The average Bonchev–Trinajstić information content (AvgIpc) is 2.37. The molecule has 0 saturated carbocycles. The second kappa shape index (κ2) is 8.85. The molecule has 0 aliphatic rings. The van der Waals surface area contributed by atoms with Gasteiger partial charge in [-0.1, -0.05) is 6.07 Å². The van der Waals surface area contributed by atoms with Gasteiger partial charge in [0.15, 0.2) is 0 Å². The third-order valence-electron chi connectivity index (χ3n) is 2.49. The minimum atomic E-state index is 0.0393. The molecule has 0 fully saturated rings. The third kappa shape index (κ3) is 5.44. The van der Waals surface area contributed by atoms with E-state index in [9.17, 15) is 4.79 Å². The maximum atomic E-state index is 11.7. The minimum Gasteiger partial charge on any atom is -0.382 e. The predicted molar refractivity (Wildman–Crippen MR) is 69.0 cm³/mol. The van der Waals surface area contributed by atoms with E-state index in [1.807, 2.05) is 19.1 Å². The molecule has 0 saturated heterocycles. The Hall–Kier alpha value is -1.17. The number of ether oxygens (including phenoxy) is 3. The summed E-state index contributed by atoms with van der Waals surface area (Å²) in [6.45, 7) is 5.14. The molecule has 1 heterocycles. The zero-order chi connectivity index (χ0) is 13.2. The summed E-state index contributed by atoms with van der Waals surface area (Å²) >= 11 is 0. The number of hydrogen-bond donors (Lipinski definition) is 0. The van der Waals surface area contributed by atoms with Crippen LogP contribution >= 0.6 is 0 Å². The Morgan fingerprint density at radius 2 is 1.78 bits per heavy atom. The van der Waals surface area contributed by atoms with E-state index < -0.39 is 0 Å². The first-order valence-corrected chi connectivity index (χ1v) is 6.06. The van der Waals surface area contributed by atoms with Crippen LogP contribution in [0.4, 0.5) is 0 Å². The number of pyridine rings is 1. The van der Waals surface area contributed by atoms with Gasteiger partial charge < -0.3 is 18.8 Å². The van der Waals surface area contributed by atoms with Crippen molar-refractivity contribution < 1.29 is 14.2 Å². The second-order valence-corrected chi connectivity index (χ2v) is 3.91. The molecule has 102 valence electrons. The normalized spacial score (nSPS) is 10.8. The van der Waals surface area contributed by atoms with Crippen LogP contribution in [0.25, 0.3) is 0 Å². The van der Waals surface area contributed by atoms with E-state index in [1.54, 1.807) is 17.9 Å². The highest BCUT2D eigenvalue weighted by molar-refractivity contribution is 5.07. The number of aryl methyl sites for hydroxylation is 1. The van der Waals surface area contributed by atoms with Gasteiger partial charge in [0.05, 0.1) is 33.0 Å². The topological polar surface area (TPSA) is 49.7 Å². The average molecular weight is 255 g/mol. The van der Waals surface area contributed by atoms with Crippen molar-refractivity contribution in [2.45, 2.75) is 13.5 Å². The van der Waals surface area contributed by atoms with Gasteiger partial charge in [-0.15, -0.1) is 0 Å². The van der Waals surface area contributed by atoms with Gasteiger partial charge in [-0.25, -0.2) is 0 Å². The summed E-state index contributed by atoms with van der Waals surface area (Å²) < 4.78 is 17.1. The number of aromatic nitrogens is 1. The molecule has 1 rings (SSSR count). The Labute approximate surface area is 107 Å². The minimum absolute atomic E-state index is 0.0393. The van der Waals surface area contributed by atoms with Crippen molar-refractivity contribution in [3.63, 3.8) is 0 Å². The van der Waals surface area contributed by atoms with Crippen LogP contribution in [0.15, 0.2) is 23.1 Å². The van der Waals surface area contributed by atoms with Gasteiger partial charge in [0.25, 0.3) is 5.56 Å². The van der Waals surface area contributed by atoms with Gasteiger partial charge in [0.2, 0.25) is 0 Å². The molecule has 0 aliphatic heterocycles. The third-order valence-corrected chi connectivity index (χ3v) is 2.49. The molecule has 0 radical (unpaired) electrons. The van der Waals surface area contributed by atoms with Crippen molar-refractivity contribution in [2.24, 2.45) is 0 Å². The lowest BCUT2D eigenvalue weighted by molar-refractivity contribution is 0.0229. The Bertz CT molecular complexity index is 389. The molecule has 0 N–H and O–H groups in total. The van der Waals surface area contributed by atoms with Gasteiger partial charge in [0.1, 0.15) is 0 Å². The fourth-order valence-electron chi connectivity index (χ4n) is 1.46. The number of nitrogens with zero attached hydrogens (tertiary/aromatic N) is 1. The molecule has 0 unspecified atom stereocenters. The number of hydrogen-bond acceptors (Lipinski definition) is 4. The van der Waals surface area contributed by atoms with E-state index in [0.29, 0.717) is 39.6 Å². The molecule has 1 aromatic rings. The molecule has 0 spiro atoms. The molecular weight excluding hydrogens is 234 g/mol. The molecule has 0 aliphatic carbocycles. The fourth-order valence-corrected chi connectivity index (χ4v) is 1.46. The SMILES string of the molecule is COCCOCCOCCn1cccc(C)c1=O. The van der Waals surface area contributed by atoms with Crippen LogP contribution in [0.2, 0.25) is 0 Å². The van der Waals surface area contributed by atoms with Gasteiger partial charge in [-0.3, -0.25) is 4.79 Å². The monoisotopic (exact) mass is 255 g/mol. The highest BCUT2D eigenvalue weighted by atomic mass is 16.5. The number of rotatable bonds is 9. The first-order valence-electron chi connectivity index (χ1n) is 6.06. The van der Waals surface area contributed by atoms with Gasteiger partial charge in [0, 0.05) is 25.4 Å². The Morgan fingerprint density at radius 1 is 1.11 bits per heavy atom. The molecular formula is C13H21NO4. The Kier molecular flexibility index (Phi) is 7.32. The zero-order valence-corrected chi connectivity index (χ0v) is 11.1. The second-order valence-electron chi connectivity index (χ2n) is 3.91. The first-order chi connectivity index (χ1) is 8.75. The maximum Gasteiger partial charge on any atom is 0.253 e. The summed E-state index contributed by atoms with van der Waals surface area (Å²) in [7, 11) is 1.64. The van der Waals surface area contributed by atoms with Gasteiger partial charge in [-0.05, 0) is 13.0 Å². The summed E-state index contributed by atoms with van der Waals surface area (Å²) in [5.74, 6) is 0. The fraction of sp³-hybridized carbons (Fsp3) is 0.615. The molecule has 1 aromatic heterocycles. The molecule has 5 nitrogen and oxygen atoms in total. The summed E-state index contributed by atoms with van der Waals surface area (Å²) in [5, 5.41) is 0. The lowest BCUT2D eigenvalue weighted by Crippen LogP contribution is -2.23. The molecule has 0 amide bonds. The lowest BCUT2D eigenvalue weighted by Gasteiger charge is -2.08. The molecule has 5 heteroatoms. The van der Waals surface area contributed by atoms with E-state index >= 15 is 0 Å². The van der Waals surface area contributed by atoms with Gasteiger partial charge >= 0.3 is 0 Å². The van der Waals surface area contributed by atoms with E-state index in [-0.39, 0.29) is 5.56 Å². The van der Waals surface area contributed by atoms with Crippen molar-refractivity contribution in [3.05, 3.63) is 34.2 Å². The van der Waals surface area contributed by atoms with E-state index in [1.165, 1.54) is 0 Å². The van der Waals surface area contributed by atoms with E-state index in [4.69, 9.17) is 14.2 Å². The lowest BCUT2D eigenvalue weighted by atomic mass is 10.3. The molecule has 18 heavy (non-hydrogen) atoms. The quantitative estimate of drug-likeness (QED) is 0.613. The Morgan fingerprint density at radius 3 is 2.50 bits per heavy atom. The molecule has 0 atom stereocenters. The van der Waals surface area contributed by atoms with Crippen LogP contribution in [0.1, 0.15) is 5.56 Å². The summed E-state index contributed by atoms with van der Waals surface area (Å²) in [4.78, 5) is 11.7. The van der Waals surface area contributed by atoms with Crippen molar-refractivity contribution in [3.8, 4) is 0 Å². The van der Waals surface area contributed by atoms with Crippen LogP contribution in [0.3, 0.4) is 0 Å². The van der Waals surface area contributed by atoms with Gasteiger partial charge in [-0.2, -0.15) is 0 Å². The number of methoxy groups -OCH3 is 1. The van der Waals surface area contributed by atoms with Crippen LogP contribution in [-0.2, 0) is 20.8 Å². The highest BCUT2D eigenvalue weighted by Gasteiger charge is 1.98. The highest BCUT2D eigenvalue weighted by Crippen LogP contribution is 1.89. The molecule has 0 bridgehead atoms. The summed E-state index contributed by atoms with van der Waals surface area (Å²) in [5.41, 5.74) is 0.790. The van der Waals surface area contributed by atoms with Crippen molar-refractivity contribution in [1.82, 2.24) is 4.57 Å². The van der Waals surface area contributed by atoms with Crippen LogP contribution in [-0.4, -0.2) is 44.7 Å². The Balaban J connectivity index is 2.11. The molecule has 0 aromatic carbocycles. The smallest absolute Gasteiger partial charge is 0.253 e. The van der Waals surface area contributed by atoms with Crippen molar-refractivity contribution >= 4 is 0 Å². The van der Waals surface area contributed by atoms with Crippen molar-refractivity contribution in [2.75, 3.05) is 40.1 Å². The maximum absolute atomic E-state index is 11.7.